The molecule has 0 saturated carbocycles. The Morgan fingerprint density at radius 1 is 1.33 bits per heavy atom. The quantitative estimate of drug-likeness (QED) is 0.533. The van der Waals surface area contributed by atoms with Crippen molar-refractivity contribution in [2.75, 3.05) is 33.2 Å². The Hall–Kier alpha value is -0.0800. The minimum atomic E-state index is 1.26. The molecule has 0 atom stereocenters. The topological polar surface area (TPSA) is 19.9 Å². The molecule has 2 nitrogen and oxygen atoms in total. The standard InChI is InChI=1S/C7H16N2/c1-8-4-7-9-5-2-3-6-9/h8H,2-7H2,1H3/p+1. The van der Waals surface area contributed by atoms with Gasteiger partial charge in [-0.1, -0.05) is 0 Å². The third-order valence-electron chi connectivity index (χ3n) is 1.93. The molecule has 0 aromatic heterocycles. The van der Waals surface area contributed by atoms with Crippen molar-refractivity contribution in [3.63, 3.8) is 0 Å². The highest BCUT2D eigenvalue weighted by molar-refractivity contribution is 4.64. The van der Waals surface area contributed by atoms with E-state index in [1.54, 1.807) is 0 Å². The summed E-state index contributed by atoms with van der Waals surface area (Å²) in [5.74, 6) is 0. The molecular formula is C7H17N2+. The first kappa shape index (κ1) is 7.03. The molecule has 0 unspecified atom stereocenters. The minimum Gasteiger partial charge on any atom is -0.348 e. The van der Waals surface area contributed by atoms with E-state index in [0.717, 1.165) is 0 Å². The van der Waals surface area contributed by atoms with Crippen LogP contribution in [0.5, 0.6) is 0 Å². The lowest BCUT2D eigenvalue weighted by atomic mass is 10.4. The molecule has 0 radical (unpaired) electrons. The summed E-state index contributed by atoms with van der Waals surface area (Å²) in [5.41, 5.74) is 0. The van der Waals surface area contributed by atoms with Crippen molar-refractivity contribution < 1.29 is 5.32 Å². The molecule has 1 aliphatic rings. The zero-order valence-corrected chi connectivity index (χ0v) is 6.27. The van der Waals surface area contributed by atoms with Crippen molar-refractivity contribution in [1.82, 2.24) is 4.90 Å². The lowest BCUT2D eigenvalue weighted by Crippen LogP contribution is -2.81. The Morgan fingerprint density at radius 2 is 2.00 bits per heavy atom. The fourth-order valence-corrected chi connectivity index (χ4v) is 1.32. The lowest BCUT2D eigenvalue weighted by molar-refractivity contribution is -0.626. The second-order valence-corrected chi connectivity index (χ2v) is 2.75. The molecule has 54 valence electrons. The fraction of sp³-hybridized carbons (Fsp3) is 1.00. The Bertz CT molecular complexity index is 67.3. The van der Waals surface area contributed by atoms with Gasteiger partial charge in [-0.3, -0.25) is 4.90 Å². The Morgan fingerprint density at radius 3 is 2.56 bits per heavy atom. The van der Waals surface area contributed by atoms with Crippen molar-refractivity contribution in [2.45, 2.75) is 12.8 Å². The van der Waals surface area contributed by atoms with Crippen LogP contribution in [0.1, 0.15) is 12.8 Å². The molecular weight excluding hydrogens is 112 g/mol. The predicted octanol–water partition coefficient (Wildman–Crippen LogP) is -0.725. The van der Waals surface area contributed by atoms with Crippen LogP contribution in [0.3, 0.4) is 0 Å². The van der Waals surface area contributed by atoms with Gasteiger partial charge < -0.3 is 5.32 Å². The molecule has 2 heteroatoms. The predicted molar refractivity (Wildman–Crippen MR) is 38.4 cm³/mol. The summed E-state index contributed by atoms with van der Waals surface area (Å²) >= 11 is 0. The number of nitrogens with zero attached hydrogens (tertiary/aromatic N) is 1. The molecule has 1 rings (SSSR count). The summed E-state index contributed by atoms with van der Waals surface area (Å²) in [5, 5.41) is 2.25. The summed E-state index contributed by atoms with van der Waals surface area (Å²) in [6.45, 7) is 5.23. The number of likely N-dealkylation sites (N-methyl/N-ethyl adjacent to an activating group) is 1. The molecule has 0 bridgehead atoms. The maximum atomic E-state index is 2.54. The van der Waals surface area contributed by atoms with E-state index >= 15 is 0 Å². The molecule has 1 aliphatic heterocycles. The van der Waals surface area contributed by atoms with Gasteiger partial charge in [-0.15, -0.1) is 0 Å². The number of likely N-dealkylation sites (tertiary alicyclic amines) is 1. The van der Waals surface area contributed by atoms with E-state index in [0.29, 0.717) is 0 Å². The Kier molecular flexibility index (Phi) is 3.01. The third kappa shape index (κ3) is 2.33. The molecule has 1 fully saturated rings. The van der Waals surface area contributed by atoms with Gasteiger partial charge in [0.2, 0.25) is 0 Å². The van der Waals surface area contributed by atoms with E-state index in [1.165, 1.54) is 39.0 Å². The highest BCUT2D eigenvalue weighted by Gasteiger charge is 2.09. The van der Waals surface area contributed by atoms with Crippen LogP contribution in [0.2, 0.25) is 0 Å². The Labute approximate surface area is 57.2 Å². The number of hydrogen-bond acceptors (Lipinski definition) is 1. The molecule has 1 saturated heterocycles. The maximum absolute atomic E-state index is 2.54. The first-order chi connectivity index (χ1) is 4.43. The molecule has 0 aromatic rings. The third-order valence-corrected chi connectivity index (χ3v) is 1.93. The van der Waals surface area contributed by atoms with Crippen molar-refractivity contribution >= 4 is 0 Å². The second-order valence-electron chi connectivity index (χ2n) is 2.75. The first-order valence-corrected chi connectivity index (χ1v) is 3.93. The average Bonchev–Trinajstić information content (AvgIpc) is 2.34. The van der Waals surface area contributed by atoms with Gasteiger partial charge >= 0.3 is 0 Å². The summed E-state index contributed by atoms with van der Waals surface area (Å²) in [7, 11) is 2.13. The molecule has 0 aromatic carbocycles. The molecule has 0 spiro atoms. The van der Waals surface area contributed by atoms with Gasteiger partial charge in [0.25, 0.3) is 0 Å². The highest BCUT2D eigenvalue weighted by Crippen LogP contribution is 2.04. The van der Waals surface area contributed by atoms with E-state index in [2.05, 4.69) is 17.3 Å². The molecule has 2 N–H and O–H groups in total. The summed E-state index contributed by atoms with van der Waals surface area (Å²) in [4.78, 5) is 2.54. The summed E-state index contributed by atoms with van der Waals surface area (Å²) < 4.78 is 0. The van der Waals surface area contributed by atoms with Gasteiger partial charge in [-0.05, 0) is 25.9 Å². The van der Waals surface area contributed by atoms with E-state index in [-0.39, 0.29) is 0 Å². The highest BCUT2D eigenvalue weighted by atomic mass is 15.1. The van der Waals surface area contributed by atoms with Crippen molar-refractivity contribution in [2.24, 2.45) is 0 Å². The van der Waals surface area contributed by atoms with Gasteiger partial charge in [-0.2, -0.15) is 0 Å². The smallest absolute Gasteiger partial charge is 0.0882 e. The van der Waals surface area contributed by atoms with E-state index in [4.69, 9.17) is 0 Å². The van der Waals surface area contributed by atoms with Gasteiger partial charge in [0.15, 0.2) is 0 Å². The minimum absolute atomic E-state index is 1.26. The maximum Gasteiger partial charge on any atom is 0.0882 e. The second kappa shape index (κ2) is 3.85. The van der Waals surface area contributed by atoms with Crippen LogP contribution in [-0.2, 0) is 0 Å². The van der Waals surface area contributed by atoms with Gasteiger partial charge in [-0.25, -0.2) is 0 Å². The van der Waals surface area contributed by atoms with Crippen LogP contribution < -0.4 is 5.32 Å². The fourth-order valence-electron chi connectivity index (χ4n) is 1.32. The number of hydrogen-bond donors (Lipinski definition) is 1. The van der Waals surface area contributed by atoms with Crippen molar-refractivity contribution in [3.05, 3.63) is 0 Å². The van der Waals surface area contributed by atoms with E-state index in [9.17, 15) is 0 Å². The van der Waals surface area contributed by atoms with Gasteiger partial charge in [0.1, 0.15) is 0 Å². The van der Waals surface area contributed by atoms with Gasteiger partial charge in [0, 0.05) is 6.54 Å². The Balaban J connectivity index is 1.98. The van der Waals surface area contributed by atoms with Crippen LogP contribution in [-0.4, -0.2) is 38.1 Å². The molecule has 0 amide bonds. The number of rotatable bonds is 3. The monoisotopic (exact) mass is 129 g/mol. The summed E-state index contributed by atoms with van der Waals surface area (Å²) in [6.07, 6.45) is 2.84. The lowest BCUT2D eigenvalue weighted by Gasteiger charge is -2.11. The number of quaternary nitrogens is 1. The SMILES string of the molecule is C[NH2+]CCN1CCCC1. The largest absolute Gasteiger partial charge is 0.348 e. The van der Waals surface area contributed by atoms with Crippen LogP contribution in [0.25, 0.3) is 0 Å². The summed E-state index contributed by atoms with van der Waals surface area (Å²) in [6, 6.07) is 0. The number of nitrogens with two attached hydrogens (primary N) is 1. The van der Waals surface area contributed by atoms with Crippen molar-refractivity contribution in [1.29, 1.82) is 0 Å². The molecule has 9 heavy (non-hydrogen) atoms. The zero-order chi connectivity index (χ0) is 6.53. The van der Waals surface area contributed by atoms with Crippen molar-refractivity contribution in [3.8, 4) is 0 Å². The molecule has 1 heterocycles. The van der Waals surface area contributed by atoms with Crippen LogP contribution in [0, 0.1) is 0 Å². The van der Waals surface area contributed by atoms with Crippen LogP contribution >= 0.6 is 0 Å². The average molecular weight is 129 g/mol. The van der Waals surface area contributed by atoms with Gasteiger partial charge in [0.05, 0.1) is 13.6 Å². The van der Waals surface area contributed by atoms with Crippen LogP contribution in [0.4, 0.5) is 0 Å². The zero-order valence-electron chi connectivity index (χ0n) is 6.27. The molecule has 0 aliphatic carbocycles. The van der Waals surface area contributed by atoms with Crippen LogP contribution in [0.15, 0.2) is 0 Å². The van der Waals surface area contributed by atoms with E-state index in [1.807, 2.05) is 0 Å². The normalized spacial score (nSPS) is 21.0. The van der Waals surface area contributed by atoms with E-state index < -0.39 is 0 Å². The first-order valence-electron chi connectivity index (χ1n) is 3.93.